The smallest absolute Gasteiger partial charge is 0.314 e. The Morgan fingerprint density at radius 1 is 0.792 bits per heavy atom. The van der Waals surface area contributed by atoms with Crippen molar-refractivity contribution in [3.63, 3.8) is 0 Å². The number of rotatable bonds is 9. The molecule has 5 aromatic carbocycles. The van der Waals surface area contributed by atoms with Crippen molar-refractivity contribution in [1.82, 2.24) is 19.5 Å². The molecule has 0 spiro atoms. The molecule has 0 saturated heterocycles. The van der Waals surface area contributed by atoms with Crippen LogP contribution in [-0.4, -0.2) is 43.5 Å². The molecule has 3 atom stereocenters. The maximum Gasteiger partial charge on any atom is 0.314 e. The standard InChI is InChI=1S/C45H40N4O4/c1-44(2,3)53-43(51)41-37(28-52-27-31-9-5-4-6-10-31)42(50)45(39-26-46-21-22-48-39,25-30-13-16-33(17-14-30)49-24-23-47-29-49)38-20-19-35-34-12-8-7-11-32(34)15-18-36(35)40(38)41/h4-24,26,29,37,41H,25,27-28H2,1-3H3. The fourth-order valence-electron chi connectivity index (χ4n) is 7.88. The summed E-state index contributed by atoms with van der Waals surface area (Å²) in [4.78, 5) is 44.0. The summed E-state index contributed by atoms with van der Waals surface area (Å²) in [7, 11) is 0. The van der Waals surface area contributed by atoms with E-state index in [1.54, 1.807) is 31.1 Å². The Kier molecular flexibility index (Phi) is 8.92. The van der Waals surface area contributed by atoms with E-state index in [0.29, 0.717) is 5.69 Å². The summed E-state index contributed by atoms with van der Waals surface area (Å²) in [6.45, 7) is 5.84. The molecule has 3 unspecified atom stereocenters. The fourth-order valence-corrected chi connectivity index (χ4v) is 7.88. The van der Waals surface area contributed by atoms with Gasteiger partial charge in [-0.25, -0.2) is 4.98 Å². The molecule has 7 aromatic rings. The van der Waals surface area contributed by atoms with E-state index in [0.717, 1.165) is 49.5 Å². The normalized spacial score (nSPS) is 18.6. The lowest BCUT2D eigenvalue weighted by Crippen LogP contribution is -2.53. The number of hydrogen-bond donors (Lipinski definition) is 0. The first kappa shape index (κ1) is 34.1. The van der Waals surface area contributed by atoms with Crippen LogP contribution in [0.3, 0.4) is 0 Å². The van der Waals surface area contributed by atoms with Gasteiger partial charge in [-0.05, 0) is 83.1 Å². The molecule has 0 fully saturated rings. The first-order chi connectivity index (χ1) is 25.7. The second-order valence-electron chi connectivity index (χ2n) is 14.7. The molecule has 53 heavy (non-hydrogen) atoms. The van der Waals surface area contributed by atoms with Crippen molar-refractivity contribution >= 4 is 33.3 Å². The highest BCUT2D eigenvalue weighted by atomic mass is 16.6. The minimum atomic E-state index is -1.31. The van der Waals surface area contributed by atoms with Crippen LogP contribution in [0.1, 0.15) is 54.6 Å². The molecule has 2 aromatic heterocycles. The van der Waals surface area contributed by atoms with E-state index in [-0.39, 0.29) is 25.4 Å². The van der Waals surface area contributed by atoms with Gasteiger partial charge in [0.25, 0.3) is 0 Å². The van der Waals surface area contributed by atoms with Gasteiger partial charge < -0.3 is 14.0 Å². The lowest BCUT2D eigenvalue weighted by atomic mass is 9.57. The van der Waals surface area contributed by atoms with E-state index in [4.69, 9.17) is 14.5 Å². The van der Waals surface area contributed by atoms with Crippen LogP contribution in [-0.2, 0) is 37.5 Å². The molecule has 2 heterocycles. The van der Waals surface area contributed by atoms with Crippen molar-refractivity contribution < 1.29 is 19.1 Å². The molecule has 8 heteroatoms. The van der Waals surface area contributed by atoms with E-state index in [2.05, 4.69) is 40.3 Å². The summed E-state index contributed by atoms with van der Waals surface area (Å²) >= 11 is 0. The van der Waals surface area contributed by atoms with Gasteiger partial charge in [0.15, 0.2) is 5.78 Å². The van der Waals surface area contributed by atoms with Gasteiger partial charge in [0.1, 0.15) is 11.0 Å². The summed E-state index contributed by atoms with van der Waals surface area (Å²) in [5, 5.41) is 4.03. The fraction of sp³-hybridized carbons (Fsp3) is 0.222. The average Bonchev–Trinajstić information content (AvgIpc) is 3.72. The molecule has 1 aliphatic carbocycles. The predicted molar refractivity (Wildman–Crippen MR) is 205 cm³/mol. The van der Waals surface area contributed by atoms with Gasteiger partial charge in [0.2, 0.25) is 0 Å². The highest BCUT2D eigenvalue weighted by molar-refractivity contribution is 6.12. The molecule has 264 valence electrons. The molecule has 0 saturated carbocycles. The minimum absolute atomic E-state index is 0.00260. The number of fused-ring (bicyclic) bond motifs is 5. The van der Waals surface area contributed by atoms with Gasteiger partial charge in [0.05, 0.1) is 37.1 Å². The molecule has 8 rings (SSSR count). The van der Waals surface area contributed by atoms with E-state index in [1.165, 1.54) is 0 Å². The molecule has 0 radical (unpaired) electrons. The van der Waals surface area contributed by atoms with Crippen LogP contribution in [0, 0.1) is 5.92 Å². The second kappa shape index (κ2) is 13.9. The van der Waals surface area contributed by atoms with Crippen molar-refractivity contribution in [3.05, 3.63) is 168 Å². The Bertz CT molecular complexity index is 2410. The van der Waals surface area contributed by atoms with Crippen LogP contribution in [0.5, 0.6) is 0 Å². The van der Waals surface area contributed by atoms with Crippen molar-refractivity contribution in [1.29, 1.82) is 0 Å². The quantitative estimate of drug-likeness (QED) is 0.110. The lowest BCUT2D eigenvalue weighted by molar-refractivity contribution is -0.161. The van der Waals surface area contributed by atoms with Crippen LogP contribution < -0.4 is 0 Å². The third-order valence-corrected chi connectivity index (χ3v) is 10.2. The molecule has 1 aliphatic rings. The van der Waals surface area contributed by atoms with Crippen LogP contribution in [0.25, 0.3) is 27.2 Å². The van der Waals surface area contributed by atoms with Gasteiger partial charge in [0, 0.05) is 36.7 Å². The predicted octanol–water partition coefficient (Wildman–Crippen LogP) is 8.34. The van der Waals surface area contributed by atoms with Gasteiger partial charge in [-0.3, -0.25) is 19.6 Å². The van der Waals surface area contributed by atoms with Gasteiger partial charge in [-0.2, -0.15) is 0 Å². The average molecular weight is 701 g/mol. The summed E-state index contributed by atoms with van der Waals surface area (Å²) in [6.07, 6.45) is 10.6. The minimum Gasteiger partial charge on any atom is -0.459 e. The Labute approximate surface area is 308 Å². The van der Waals surface area contributed by atoms with E-state index in [1.807, 2.05) is 104 Å². The number of esters is 1. The molecule has 0 bridgehead atoms. The van der Waals surface area contributed by atoms with Crippen molar-refractivity contribution in [3.8, 4) is 5.69 Å². The van der Waals surface area contributed by atoms with Crippen molar-refractivity contribution in [2.24, 2.45) is 5.92 Å². The zero-order valence-electron chi connectivity index (χ0n) is 30.0. The van der Waals surface area contributed by atoms with Crippen LogP contribution in [0.2, 0.25) is 0 Å². The largest absolute Gasteiger partial charge is 0.459 e. The number of imidazole rings is 1. The first-order valence-electron chi connectivity index (χ1n) is 17.9. The Balaban J connectivity index is 1.37. The Hall–Kier alpha value is -5.99. The highest BCUT2D eigenvalue weighted by Gasteiger charge is 2.57. The lowest BCUT2D eigenvalue weighted by Gasteiger charge is -2.44. The topological polar surface area (TPSA) is 96.2 Å². The summed E-state index contributed by atoms with van der Waals surface area (Å²) in [5.41, 5.74) is 2.75. The van der Waals surface area contributed by atoms with E-state index < -0.39 is 28.8 Å². The van der Waals surface area contributed by atoms with Gasteiger partial charge in [-0.15, -0.1) is 0 Å². The number of benzene rings is 5. The summed E-state index contributed by atoms with van der Waals surface area (Å²) < 4.78 is 14.5. The third kappa shape index (κ3) is 6.40. The molecule has 0 aliphatic heterocycles. The number of carbonyl (C=O) groups excluding carboxylic acids is 2. The molecule has 0 N–H and O–H groups in total. The first-order valence-corrected chi connectivity index (χ1v) is 17.9. The number of ketones is 1. The Morgan fingerprint density at radius 2 is 1.57 bits per heavy atom. The monoisotopic (exact) mass is 700 g/mol. The maximum atomic E-state index is 15.8. The molecular formula is C45H40N4O4. The number of hydrogen-bond acceptors (Lipinski definition) is 7. The Morgan fingerprint density at radius 3 is 2.30 bits per heavy atom. The number of Topliss-reactive ketones (excluding diaryl/α,β-unsaturated/α-hetero) is 1. The number of aromatic nitrogens is 4. The SMILES string of the molecule is CC(C)(C)OC(=O)C1c2c(ccc3c2ccc2ccccc23)C(Cc2ccc(-n3ccnc3)cc2)(c2cnccn2)C(=O)C1COCc1ccccc1. The molecular weight excluding hydrogens is 661 g/mol. The van der Waals surface area contributed by atoms with E-state index >= 15 is 4.79 Å². The van der Waals surface area contributed by atoms with Crippen molar-refractivity contribution in [2.75, 3.05) is 6.61 Å². The summed E-state index contributed by atoms with van der Waals surface area (Å²) in [5.74, 6) is -2.46. The molecule has 0 amide bonds. The van der Waals surface area contributed by atoms with Crippen LogP contribution in [0.4, 0.5) is 0 Å². The van der Waals surface area contributed by atoms with E-state index in [9.17, 15) is 4.79 Å². The van der Waals surface area contributed by atoms with Gasteiger partial charge in [-0.1, -0.05) is 91.0 Å². The zero-order chi connectivity index (χ0) is 36.6. The highest BCUT2D eigenvalue weighted by Crippen LogP contribution is 2.52. The van der Waals surface area contributed by atoms with Gasteiger partial charge >= 0.3 is 5.97 Å². The van der Waals surface area contributed by atoms with Crippen LogP contribution in [0.15, 0.2) is 140 Å². The summed E-state index contributed by atoms with van der Waals surface area (Å²) in [6, 6.07) is 34.4. The maximum absolute atomic E-state index is 15.8. The zero-order valence-corrected chi connectivity index (χ0v) is 30.0. The second-order valence-corrected chi connectivity index (χ2v) is 14.7. The van der Waals surface area contributed by atoms with Crippen LogP contribution >= 0.6 is 0 Å². The number of carbonyl (C=O) groups is 2. The van der Waals surface area contributed by atoms with Crippen molar-refractivity contribution in [2.45, 2.75) is 50.7 Å². The number of nitrogens with zero attached hydrogens (tertiary/aromatic N) is 4. The third-order valence-electron chi connectivity index (χ3n) is 10.2. The number of ether oxygens (including phenoxy) is 2. The molecule has 8 nitrogen and oxygen atoms in total.